The predicted molar refractivity (Wildman–Crippen MR) is 73.3 cm³/mol. The molecule has 0 aromatic heterocycles. The molecule has 1 aliphatic carbocycles. The van der Waals surface area contributed by atoms with E-state index in [9.17, 15) is 4.79 Å². The van der Waals surface area contributed by atoms with E-state index in [-0.39, 0.29) is 5.91 Å². The molecule has 1 amide bonds. The molecule has 1 aromatic rings. The Bertz CT molecular complexity index is 358. The fourth-order valence-corrected chi connectivity index (χ4v) is 2.79. The molecule has 0 saturated heterocycles. The highest BCUT2D eigenvalue weighted by atomic mass is 79.9. The number of nitrogens with one attached hydrogen (secondary N) is 1. The Labute approximate surface area is 111 Å². The number of carbonyl (C=O) groups is 1. The molecule has 92 valence electrons. The molecule has 1 fully saturated rings. The van der Waals surface area contributed by atoms with E-state index in [0.717, 1.165) is 31.2 Å². The van der Waals surface area contributed by atoms with E-state index in [4.69, 9.17) is 0 Å². The molecular formula is C14H18BrNO. The molecule has 2 rings (SSSR count). The second-order valence-corrected chi connectivity index (χ2v) is 5.97. The van der Waals surface area contributed by atoms with Crippen LogP contribution in [-0.4, -0.2) is 16.8 Å². The van der Waals surface area contributed by atoms with Gasteiger partial charge >= 0.3 is 0 Å². The van der Waals surface area contributed by atoms with E-state index in [0.29, 0.717) is 17.3 Å². The van der Waals surface area contributed by atoms with Crippen LogP contribution in [0.3, 0.4) is 0 Å². The molecular weight excluding hydrogens is 278 g/mol. The van der Waals surface area contributed by atoms with Crippen LogP contribution in [0.4, 0.5) is 0 Å². The predicted octanol–water partition coefficient (Wildman–Crippen LogP) is 3.05. The summed E-state index contributed by atoms with van der Waals surface area (Å²) in [7, 11) is 0. The van der Waals surface area contributed by atoms with Crippen molar-refractivity contribution in [3.63, 3.8) is 0 Å². The quantitative estimate of drug-likeness (QED) is 0.853. The van der Waals surface area contributed by atoms with Crippen LogP contribution in [0.5, 0.6) is 0 Å². The van der Waals surface area contributed by atoms with Crippen molar-refractivity contribution in [1.82, 2.24) is 5.32 Å². The van der Waals surface area contributed by atoms with E-state index in [2.05, 4.69) is 21.2 Å². The molecule has 0 aliphatic heterocycles. The topological polar surface area (TPSA) is 29.1 Å². The number of rotatable bonds is 3. The van der Waals surface area contributed by atoms with Gasteiger partial charge in [0, 0.05) is 10.9 Å². The van der Waals surface area contributed by atoms with E-state index < -0.39 is 0 Å². The third-order valence-corrected chi connectivity index (χ3v) is 4.15. The summed E-state index contributed by atoms with van der Waals surface area (Å²) >= 11 is 3.62. The van der Waals surface area contributed by atoms with Crippen LogP contribution in [0.25, 0.3) is 0 Å². The maximum absolute atomic E-state index is 11.8. The number of carbonyl (C=O) groups excluding carboxylic acids is 1. The smallest absolute Gasteiger partial charge is 0.224 e. The van der Waals surface area contributed by atoms with Crippen molar-refractivity contribution in [1.29, 1.82) is 0 Å². The summed E-state index contributed by atoms with van der Waals surface area (Å²) in [4.78, 5) is 12.5. The lowest BCUT2D eigenvalue weighted by molar-refractivity contribution is -0.121. The summed E-state index contributed by atoms with van der Waals surface area (Å²) in [6, 6.07) is 10.3. The molecule has 0 atom stereocenters. The SMILES string of the molecule is O=C(Cc1ccccc1)NC1CCC(Br)CC1. The minimum atomic E-state index is 0.147. The van der Waals surface area contributed by atoms with Gasteiger partial charge in [0.1, 0.15) is 0 Å². The Kier molecular flexibility index (Phi) is 4.60. The lowest BCUT2D eigenvalue weighted by Gasteiger charge is -2.26. The zero-order valence-corrected chi connectivity index (χ0v) is 11.4. The molecule has 0 unspecified atom stereocenters. The lowest BCUT2D eigenvalue weighted by Crippen LogP contribution is -2.38. The Morgan fingerprint density at radius 1 is 1.18 bits per heavy atom. The second-order valence-electron chi connectivity index (χ2n) is 4.68. The molecule has 0 spiro atoms. The largest absolute Gasteiger partial charge is 0.353 e. The van der Waals surface area contributed by atoms with Crippen molar-refractivity contribution in [3.05, 3.63) is 35.9 Å². The minimum absolute atomic E-state index is 0.147. The molecule has 1 aliphatic rings. The number of hydrogen-bond donors (Lipinski definition) is 1. The number of halogens is 1. The summed E-state index contributed by atoms with van der Waals surface area (Å²) in [6.45, 7) is 0. The second kappa shape index (κ2) is 6.20. The van der Waals surface area contributed by atoms with Gasteiger partial charge < -0.3 is 5.32 Å². The van der Waals surface area contributed by atoms with Crippen LogP contribution in [0.2, 0.25) is 0 Å². The fourth-order valence-electron chi connectivity index (χ4n) is 2.26. The molecule has 1 aromatic carbocycles. The van der Waals surface area contributed by atoms with Crippen LogP contribution in [0.1, 0.15) is 31.2 Å². The van der Waals surface area contributed by atoms with Gasteiger partial charge in [-0.15, -0.1) is 0 Å². The van der Waals surface area contributed by atoms with E-state index >= 15 is 0 Å². The van der Waals surface area contributed by atoms with Crippen LogP contribution in [0, 0.1) is 0 Å². The number of amides is 1. The first-order valence-corrected chi connectivity index (χ1v) is 7.13. The van der Waals surface area contributed by atoms with Gasteiger partial charge in [0.15, 0.2) is 0 Å². The van der Waals surface area contributed by atoms with E-state index in [1.807, 2.05) is 30.3 Å². The molecule has 1 saturated carbocycles. The highest BCUT2D eigenvalue weighted by Crippen LogP contribution is 2.24. The van der Waals surface area contributed by atoms with E-state index in [1.54, 1.807) is 0 Å². The van der Waals surface area contributed by atoms with Gasteiger partial charge in [-0.1, -0.05) is 46.3 Å². The molecule has 3 heteroatoms. The number of alkyl halides is 1. The zero-order valence-electron chi connectivity index (χ0n) is 9.86. The first kappa shape index (κ1) is 12.6. The van der Waals surface area contributed by atoms with Crippen molar-refractivity contribution in [2.24, 2.45) is 0 Å². The molecule has 1 N–H and O–H groups in total. The van der Waals surface area contributed by atoms with E-state index in [1.165, 1.54) is 0 Å². The molecule has 0 bridgehead atoms. The summed E-state index contributed by atoms with van der Waals surface area (Å²) in [5, 5.41) is 3.13. The van der Waals surface area contributed by atoms with Crippen molar-refractivity contribution < 1.29 is 4.79 Å². The van der Waals surface area contributed by atoms with Gasteiger partial charge in [-0.05, 0) is 31.2 Å². The summed E-state index contributed by atoms with van der Waals surface area (Å²) < 4.78 is 0. The normalized spacial score (nSPS) is 24.3. The van der Waals surface area contributed by atoms with Crippen molar-refractivity contribution >= 4 is 21.8 Å². The lowest BCUT2D eigenvalue weighted by atomic mass is 9.95. The van der Waals surface area contributed by atoms with Crippen molar-refractivity contribution in [2.45, 2.75) is 43.0 Å². The van der Waals surface area contributed by atoms with Crippen LogP contribution >= 0.6 is 15.9 Å². The molecule has 2 nitrogen and oxygen atoms in total. The maximum atomic E-state index is 11.8. The average molecular weight is 296 g/mol. The molecule has 17 heavy (non-hydrogen) atoms. The highest BCUT2D eigenvalue weighted by Gasteiger charge is 2.20. The summed E-state index contributed by atoms with van der Waals surface area (Å²) in [5.41, 5.74) is 1.08. The third kappa shape index (κ3) is 4.15. The maximum Gasteiger partial charge on any atom is 0.224 e. The first-order chi connectivity index (χ1) is 8.24. The summed E-state index contributed by atoms with van der Waals surface area (Å²) in [5.74, 6) is 0.147. The van der Waals surface area contributed by atoms with Gasteiger partial charge in [-0.2, -0.15) is 0 Å². The Morgan fingerprint density at radius 3 is 2.47 bits per heavy atom. The number of benzene rings is 1. The Morgan fingerprint density at radius 2 is 1.82 bits per heavy atom. The average Bonchev–Trinajstić information content (AvgIpc) is 2.33. The van der Waals surface area contributed by atoms with Gasteiger partial charge in [-0.25, -0.2) is 0 Å². The van der Waals surface area contributed by atoms with Gasteiger partial charge in [0.25, 0.3) is 0 Å². The third-order valence-electron chi connectivity index (χ3n) is 3.23. The Hall–Kier alpha value is -0.830. The summed E-state index contributed by atoms with van der Waals surface area (Å²) in [6.07, 6.45) is 5.01. The first-order valence-electron chi connectivity index (χ1n) is 6.21. The van der Waals surface area contributed by atoms with Crippen molar-refractivity contribution in [2.75, 3.05) is 0 Å². The number of hydrogen-bond acceptors (Lipinski definition) is 1. The Balaban J connectivity index is 1.78. The van der Waals surface area contributed by atoms with Crippen LogP contribution in [-0.2, 0) is 11.2 Å². The van der Waals surface area contributed by atoms with Crippen LogP contribution in [0.15, 0.2) is 30.3 Å². The highest BCUT2D eigenvalue weighted by molar-refractivity contribution is 9.09. The molecule has 0 heterocycles. The van der Waals surface area contributed by atoms with Gasteiger partial charge in [-0.3, -0.25) is 4.79 Å². The van der Waals surface area contributed by atoms with Gasteiger partial charge in [0.05, 0.1) is 6.42 Å². The minimum Gasteiger partial charge on any atom is -0.353 e. The van der Waals surface area contributed by atoms with Crippen LogP contribution < -0.4 is 5.32 Å². The zero-order chi connectivity index (χ0) is 12.1. The van der Waals surface area contributed by atoms with Crippen molar-refractivity contribution in [3.8, 4) is 0 Å². The molecule has 0 radical (unpaired) electrons. The monoisotopic (exact) mass is 295 g/mol. The standard InChI is InChI=1S/C14H18BrNO/c15-12-6-8-13(9-7-12)16-14(17)10-11-4-2-1-3-5-11/h1-5,12-13H,6-10H2,(H,16,17). The van der Waals surface area contributed by atoms with Gasteiger partial charge in [0.2, 0.25) is 5.91 Å². The fraction of sp³-hybridized carbons (Fsp3) is 0.500.